The molecule has 1 aliphatic heterocycles. The van der Waals surface area contributed by atoms with E-state index in [1.54, 1.807) is 6.92 Å². The van der Waals surface area contributed by atoms with Crippen LogP contribution < -0.4 is 15.0 Å². The van der Waals surface area contributed by atoms with Crippen LogP contribution in [0.15, 0.2) is 54.6 Å². The second-order valence-corrected chi connectivity index (χ2v) is 7.78. The molecule has 2 aliphatic rings. The first kappa shape index (κ1) is 18.5. The van der Waals surface area contributed by atoms with Gasteiger partial charge in [0, 0.05) is 12.0 Å². The van der Waals surface area contributed by atoms with E-state index in [-0.39, 0.29) is 23.8 Å². The Kier molecular flexibility index (Phi) is 5.07. The van der Waals surface area contributed by atoms with Crippen LogP contribution in [0.4, 0.5) is 5.69 Å². The molecule has 2 amide bonds. The van der Waals surface area contributed by atoms with Gasteiger partial charge in [-0.3, -0.25) is 14.5 Å². The summed E-state index contributed by atoms with van der Waals surface area (Å²) in [7, 11) is 0. The van der Waals surface area contributed by atoms with Gasteiger partial charge in [-0.15, -0.1) is 0 Å². The molecule has 1 heterocycles. The zero-order valence-electron chi connectivity index (χ0n) is 16.2. The molecule has 1 unspecified atom stereocenters. The van der Waals surface area contributed by atoms with Crippen molar-refractivity contribution >= 4 is 17.5 Å². The molecule has 2 aromatic carbocycles. The number of carbonyl (C=O) groups is 2. The standard InChI is InChI=1S/C23H26N2O3/c1-17-22(27)25(19-11-5-6-12-20(19)28-17)15-21(26)24-16-23(13-7-8-14-23)18-9-3-2-4-10-18/h2-6,9-12,17H,7-8,13-16H2,1H3,(H,24,26). The van der Waals surface area contributed by atoms with Gasteiger partial charge in [0.15, 0.2) is 6.10 Å². The van der Waals surface area contributed by atoms with Crippen molar-refractivity contribution in [1.82, 2.24) is 5.32 Å². The van der Waals surface area contributed by atoms with E-state index >= 15 is 0 Å². The number of rotatable bonds is 5. The first-order chi connectivity index (χ1) is 13.6. The van der Waals surface area contributed by atoms with E-state index in [9.17, 15) is 9.59 Å². The number of carbonyl (C=O) groups excluding carboxylic acids is 2. The summed E-state index contributed by atoms with van der Waals surface area (Å²) >= 11 is 0. The third-order valence-electron chi connectivity index (χ3n) is 5.95. The van der Waals surface area contributed by atoms with Gasteiger partial charge < -0.3 is 10.1 Å². The lowest BCUT2D eigenvalue weighted by molar-refractivity contribution is -0.128. The number of anilines is 1. The summed E-state index contributed by atoms with van der Waals surface area (Å²) in [6.45, 7) is 2.33. The van der Waals surface area contributed by atoms with E-state index in [4.69, 9.17) is 4.74 Å². The van der Waals surface area contributed by atoms with Crippen LogP contribution in [0.5, 0.6) is 5.75 Å². The quantitative estimate of drug-likeness (QED) is 0.867. The first-order valence-corrected chi connectivity index (χ1v) is 9.98. The van der Waals surface area contributed by atoms with Gasteiger partial charge in [-0.1, -0.05) is 55.3 Å². The van der Waals surface area contributed by atoms with Crippen LogP contribution in [0.1, 0.15) is 38.2 Å². The molecule has 28 heavy (non-hydrogen) atoms. The third-order valence-corrected chi connectivity index (χ3v) is 5.95. The van der Waals surface area contributed by atoms with Crippen molar-refractivity contribution in [1.29, 1.82) is 0 Å². The molecule has 146 valence electrons. The van der Waals surface area contributed by atoms with E-state index in [2.05, 4.69) is 29.6 Å². The molecule has 0 saturated heterocycles. The lowest BCUT2D eigenvalue weighted by Crippen LogP contribution is -2.50. The zero-order chi connectivity index (χ0) is 19.6. The zero-order valence-corrected chi connectivity index (χ0v) is 16.2. The number of hydrogen-bond acceptors (Lipinski definition) is 3. The summed E-state index contributed by atoms with van der Waals surface area (Å²) in [6.07, 6.45) is 3.92. The van der Waals surface area contributed by atoms with Crippen molar-refractivity contribution in [2.24, 2.45) is 0 Å². The van der Waals surface area contributed by atoms with Gasteiger partial charge in [0.25, 0.3) is 5.91 Å². The first-order valence-electron chi connectivity index (χ1n) is 9.98. The Hall–Kier alpha value is -2.82. The average Bonchev–Trinajstić information content (AvgIpc) is 3.21. The van der Waals surface area contributed by atoms with Crippen molar-refractivity contribution in [3.63, 3.8) is 0 Å². The fourth-order valence-electron chi connectivity index (χ4n) is 4.40. The molecule has 1 atom stereocenters. The Morgan fingerprint density at radius 2 is 1.79 bits per heavy atom. The summed E-state index contributed by atoms with van der Waals surface area (Å²) in [5.74, 6) is 0.311. The number of amides is 2. The third kappa shape index (κ3) is 3.49. The van der Waals surface area contributed by atoms with E-state index < -0.39 is 6.10 Å². The van der Waals surface area contributed by atoms with E-state index in [0.29, 0.717) is 18.0 Å². The molecule has 1 N–H and O–H groups in total. The summed E-state index contributed by atoms with van der Waals surface area (Å²) < 4.78 is 5.65. The minimum Gasteiger partial charge on any atom is -0.479 e. The highest BCUT2D eigenvalue weighted by Gasteiger charge is 2.37. The van der Waals surface area contributed by atoms with Crippen LogP contribution in [0.2, 0.25) is 0 Å². The SMILES string of the molecule is CC1Oc2ccccc2N(CC(=O)NCC2(c3ccccc3)CCCC2)C1=O. The fraction of sp³-hybridized carbons (Fsp3) is 0.391. The molecule has 2 aromatic rings. The van der Waals surface area contributed by atoms with Gasteiger partial charge in [-0.2, -0.15) is 0 Å². The van der Waals surface area contributed by atoms with Gasteiger partial charge in [-0.25, -0.2) is 0 Å². The van der Waals surface area contributed by atoms with Crippen molar-refractivity contribution in [2.45, 2.75) is 44.1 Å². The predicted octanol–water partition coefficient (Wildman–Crippen LogP) is 3.43. The summed E-state index contributed by atoms with van der Waals surface area (Å²) in [4.78, 5) is 26.9. The number of hydrogen-bond donors (Lipinski definition) is 1. The Labute approximate surface area is 165 Å². The minimum absolute atomic E-state index is 0.00284. The molecule has 0 bridgehead atoms. The van der Waals surface area contributed by atoms with E-state index in [1.165, 1.54) is 23.3 Å². The Morgan fingerprint density at radius 1 is 1.11 bits per heavy atom. The number of nitrogens with zero attached hydrogens (tertiary/aromatic N) is 1. The van der Waals surface area contributed by atoms with Crippen molar-refractivity contribution in [2.75, 3.05) is 18.0 Å². The second-order valence-electron chi connectivity index (χ2n) is 7.78. The maximum Gasteiger partial charge on any atom is 0.268 e. The lowest BCUT2D eigenvalue weighted by atomic mass is 9.79. The fourth-order valence-corrected chi connectivity index (χ4v) is 4.40. The van der Waals surface area contributed by atoms with Gasteiger partial charge >= 0.3 is 0 Å². The average molecular weight is 378 g/mol. The molecule has 0 radical (unpaired) electrons. The highest BCUT2D eigenvalue weighted by atomic mass is 16.5. The van der Waals surface area contributed by atoms with Gasteiger partial charge in [-0.05, 0) is 37.5 Å². The molecule has 0 spiro atoms. The van der Waals surface area contributed by atoms with Crippen molar-refractivity contribution in [3.05, 3.63) is 60.2 Å². The number of benzene rings is 2. The number of ether oxygens (including phenoxy) is 1. The normalized spacial score (nSPS) is 20.4. The Balaban J connectivity index is 1.47. The monoisotopic (exact) mass is 378 g/mol. The van der Waals surface area contributed by atoms with Crippen molar-refractivity contribution < 1.29 is 14.3 Å². The summed E-state index contributed by atoms with van der Waals surface area (Å²) in [5.41, 5.74) is 1.94. The minimum atomic E-state index is -0.590. The van der Waals surface area contributed by atoms with Crippen LogP contribution in [0.3, 0.4) is 0 Å². The van der Waals surface area contributed by atoms with Crippen LogP contribution in [0, 0.1) is 0 Å². The van der Waals surface area contributed by atoms with E-state index in [1.807, 2.05) is 30.3 Å². The Bertz CT molecular complexity index is 859. The topological polar surface area (TPSA) is 58.6 Å². The molecule has 1 aliphatic carbocycles. The molecule has 5 heteroatoms. The van der Waals surface area contributed by atoms with Crippen LogP contribution in [0.25, 0.3) is 0 Å². The van der Waals surface area contributed by atoms with Crippen LogP contribution in [-0.2, 0) is 15.0 Å². The lowest BCUT2D eigenvalue weighted by Gasteiger charge is -2.33. The summed E-state index contributed by atoms with van der Waals surface area (Å²) in [5, 5.41) is 3.10. The highest BCUT2D eigenvalue weighted by molar-refractivity contribution is 6.03. The largest absolute Gasteiger partial charge is 0.479 e. The van der Waals surface area contributed by atoms with Gasteiger partial charge in [0.05, 0.1) is 5.69 Å². The smallest absolute Gasteiger partial charge is 0.268 e. The number of para-hydroxylation sites is 2. The molecule has 4 rings (SSSR count). The van der Waals surface area contributed by atoms with Crippen molar-refractivity contribution in [3.8, 4) is 5.75 Å². The predicted molar refractivity (Wildman–Crippen MR) is 108 cm³/mol. The molecule has 5 nitrogen and oxygen atoms in total. The highest BCUT2D eigenvalue weighted by Crippen LogP contribution is 2.40. The van der Waals surface area contributed by atoms with E-state index in [0.717, 1.165) is 12.8 Å². The Morgan fingerprint density at radius 3 is 2.54 bits per heavy atom. The van der Waals surface area contributed by atoms with Crippen LogP contribution >= 0.6 is 0 Å². The van der Waals surface area contributed by atoms with Gasteiger partial charge in [0.1, 0.15) is 12.3 Å². The molecule has 1 fully saturated rings. The molecular formula is C23H26N2O3. The number of fused-ring (bicyclic) bond motifs is 1. The molecule has 1 saturated carbocycles. The van der Waals surface area contributed by atoms with Gasteiger partial charge in [0.2, 0.25) is 5.91 Å². The number of nitrogens with one attached hydrogen (secondary N) is 1. The maximum absolute atomic E-state index is 12.8. The molecule has 0 aromatic heterocycles. The van der Waals surface area contributed by atoms with Crippen LogP contribution in [-0.4, -0.2) is 31.0 Å². The summed E-state index contributed by atoms with van der Waals surface area (Å²) in [6, 6.07) is 17.8. The molecular weight excluding hydrogens is 352 g/mol. The maximum atomic E-state index is 12.8. The second kappa shape index (κ2) is 7.66.